The van der Waals surface area contributed by atoms with E-state index in [1.807, 2.05) is 37.8 Å². The van der Waals surface area contributed by atoms with Crippen LogP contribution in [0.1, 0.15) is 58.1 Å². The Labute approximate surface area is 199 Å². The highest BCUT2D eigenvalue weighted by atomic mass is 16.3. The van der Waals surface area contributed by atoms with Gasteiger partial charge in [-0.3, -0.25) is 0 Å². The van der Waals surface area contributed by atoms with E-state index in [-0.39, 0.29) is 17.0 Å². The Kier molecular flexibility index (Phi) is 5.30. The normalized spacial score (nSPS) is 34.1. The summed E-state index contributed by atoms with van der Waals surface area (Å²) in [7, 11) is 4.60. The molecule has 0 radical (unpaired) electrons. The molecule has 2 aliphatic carbocycles. The SMILES string of the molecule is CN1CC23Cc4ccc(O)cc4[C@@](C)(C2)[C@@H](N(C)CC2CCN(C(=O)NC(C)(C)C)CC2)C13. The second-order valence-corrected chi connectivity index (χ2v) is 12.8. The standard InChI is InChI=1S/C27H42N4O2/c1-25(2,3)28-24(33)31-11-9-18(10-12-31)15-29(5)22-23-27(17-30(23)6)14-19-7-8-20(32)13-21(19)26(22,4)16-27/h7-8,13,18,22-23,32H,9-12,14-17H2,1-6H3,(H,28,33)/t22-,23?,26+,27?/m0/s1. The number of fused-ring (bicyclic) bond motifs is 3. The van der Waals surface area contributed by atoms with E-state index in [2.05, 4.69) is 42.2 Å². The number of benzene rings is 1. The van der Waals surface area contributed by atoms with Crippen molar-refractivity contribution in [3.05, 3.63) is 29.3 Å². The quantitative estimate of drug-likeness (QED) is 0.735. The zero-order valence-electron chi connectivity index (χ0n) is 21.3. The van der Waals surface area contributed by atoms with Crippen molar-refractivity contribution in [2.45, 2.75) is 76.4 Å². The molecule has 4 aliphatic rings. The fourth-order valence-electron chi connectivity index (χ4n) is 8.04. The maximum atomic E-state index is 12.6. The molecule has 2 N–H and O–H groups in total. The Morgan fingerprint density at radius 1 is 1.27 bits per heavy atom. The topological polar surface area (TPSA) is 59.1 Å². The van der Waals surface area contributed by atoms with Gasteiger partial charge in [0.1, 0.15) is 5.75 Å². The Hall–Kier alpha value is -1.79. The van der Waals surface area contributed by atoms with Crippen molar-refractivity contribution < 1.29 is 9.90 Å². The van der Waals surface area contributed by atoms with Crippen molar-refractivity contribution in [2.75, 3.05) is 40.3 Å². The molecule has 2 amide bonds. The molecule has 3 fully saturated rings. The van der Waals surface area contributed by atoms with Crippen molar-refractivity contribution >= 4 is 6.03 Å². The lowest BCUT2D eigenvalue weighted by molar-refractivity contribution is -0.0605. The number of aromatic hydroxyl groups is 1. The van der Waals surface area contributed by atoms with Crippen LogP contribution >= 0.6 is 0 Å². The van der Waals surface area contributed by atoms with Crippen LogP contribution in [0.15, 0.2) is 18.2 Å². The molecule has 1 aromatic carbocycles. The van der Waals surface area contributed by atoms with Crippen LogP contribution in [0.2, 0.25) is 0 Å². The number of carbonyl (C=O) groups is 1. The first kappa shape index (κ1) is 23.0. The summed E-state index contributed by atoms with van der Waals surface area (Å²) >= 11 is 0. The number of likely N-dealkylation sites (tertiary alicyclic amines) is 2. The molecule has 33 heavy (non-hydrogen) atoms. The van der Waals surface area contributed by atoms with Crippen molar-refractivity contribution in [3.63, 3.8) is 0 Å². The Balaban J connectivity index is 1.30. The predicted molar refractivity (Wildman–Crippen MR) is 132 cm³/mol. The van der Waals surface area contributed by atoms with Crippen molar-refractivity contribution in [3.8, 4) is 5.75 Å². The van der Waals surface area contributed by atoms with Gasteiger partial charge in [0.15, 0.2) is 0 Å². The van der Waals surface area contributed by atoms with Gasteiger partial charge in [0, 0.05) is 54.6 Å². The Morgan fingerprint density at radius 3 is 2.61 bits per heavy atom. The van der Waals surface area contributed by atoms with Crippen LogP contribution in [-0.4, -0.2) is 83.7 Å². The summed E-state index contributed by atoms with van der Waals surface area (Å²) in [6, 6.07) is 7.16. The molecular formula is C27H42N4O2. The van der Waals surface area contributed by atoms with Gasteiger partial charge >= 0.3 is 6.03 Å². The van der Waals surface area contributed by atoms with Crippen molar-refractivity contribution in [1.29, 1.82) is 0 Å². The summed E-state index contributed by atoms with van der Waals surface area (Å²) in [6.07, 6.45) is 4.48. The fraction of sp³-hybridized carbons (Fsp3) is 0.741. The van der Waals surface area contributed by atoms with Gasteiger partial charge < -0.3 is 25.1 Å². The van der Waals surface area contributed by atoms with E-state index in [0.717, 1.165) is 38.9 Å². The summed E-state index contributed by atoms with van der Waals surface area (Å²) in [4.78, 5) is 19.8. The second-order valence-electron chi connectivity index (χ2n) is 12.8. The molecule has 182 valence electrons. The number of phenols is 1. The number of likely N-dealkylation sites (N-methyl/N-ethyl adjacent to an activating group) is 2. The van der Waals surface area contributed by atoms with E-state index < -0.39 is 0 Å². The number of rotatable bonds is 3. The molecular weight excluding hydrogens is 412 g/mol. The van der Waals surface area contributed by atoms with Crippen LogP contribution in [0.5, 0.6) is 5.75 Å². The van der Waals surface area contributed by atoms with E-state index in [9.17, 15) is 9.90 Å². The number of nitrogens with one attached hydrogen (secondary N) is 1. The summed E-state index contributed by atoms with van der Waals surface area (Å²) in [6.45, 7) is 12.5. The maximum absolute atomic E-state index is 12.6. The summed E-state index contributed by atoms with van der Waals surface area (Å²) < 4.78 is 0. The first-order chi connectivity index (χ1) is 15.4. The van der Waals surface area contributed by atoms with Gasteiger partial charge in [0.05, 0.1) is 0 Å². The highest BCUT2D eigenvalue weighted by Crippen LogP contribution is 2.64. The predicted octanol–water partition coefficient (Wildman–Crippen LogP) is 3.43. The van der Waals surface area contributed by atoms with Crippen LogP contribution < -0.4 is 5.32 Å². The van der Waals surface area contributed by atoms with Gasteiger partial charge in [0.2, 0.25) is 0 Å². The molecule has 2 saturated heterocycles. The van der Waals surface area contributed by atoms with E-state index in [1.54, 1.807) is 0 Å². The summed E-state index contributed by atoms with van der Waals surface area (Å²) in [5.41, 5.74) is 3.04. The number of carbonyl (C=O) groups excluding carboxylic acids is 1. The van der Waals surface area contributed by atoms with Gasteiger partial charge in [-0.05, 0) is 89.7 Å². The lowest BCUT2D eigenvalue weighted by Gasteiger charge is -2.55. The highest BCUT2D eigenvalue weighted by molar-refractivity contribution is 5.75. The lowest BCUT2D eigenvalue weighted by Crippen LogP contribution is -2.66. The molecule has 2 bridgehead atoms. The van der Waals surface area contributed by atoms with E-state index in [0.29, 0.717) is 29.2 Å². The maximum Gasteiger partial charge on any atom is 0.317 e. The zero-order valence-corrected chi connectivity index (χ0v) is 21.3. The monoisotopic (exact) mass is 454 g/mol. The van der Waals surface area contributed by atoms with Crippen LogP contribution in [0.3, 0.4) is 0 Å². The van der Waals surface area contributed by atoms with Gasteiger partial charge in [0.25, 0.3) is 0 Å². The first-order valence-corrected chi connectivity index (χ1v) is 12.7. The molecule has 2 heterocycles. The number of phenolic OH excluding ortho intramolecular Hbond substituents is 1. The first-order valence-electron chi connectivity index (χ1n) is 12.7. The Morgan fingerprint density at radius 2 is 1.97 bits per heavy atom. The number of amides is 2. The average molecular weight is 455 g/mol. The van der Waals surface area contributed by atoms with Crippen molar-refractivity contribution in [1.82, 2.24) is 20.0 Å². The van der Waals surface area contributed by atoms with Gasteiger partial charge in [-0.2, -0.15) is 0 Å². The van der Waals surface area contributed by atoms with Crippen LogP contribution in [-0.2, 0) is 11.8 Å². The number of hydrogen-bond donors (Lipinski definition) is 2. The van der Waals surface area contributed by atoms with Crippen LogP contribution in [0.25, 0.3) is 0 Å². The molecule has 1 aromatic rings. The van der Waals surface area contributed by atoms with Gasteiger partial charge in [-0.25, -0.2) is 4.79 Å². The third-order valence-corrected chi connectivity index (χ3v) is 8.99. The van der Waals surface area contributed by atoms with E-state index in [4.69, 9.17) is 0 Å². The zero-order chi connectivity index (χ0) is 23.8. The molecule has 5 rings (SSSR count). The number of urea groups is 1. The van der Waals surface area contributed by atoms with Gasteiger partial charge in [-0.15, -0.1) is 0 Å². The second kappa shape index (κ2) is 7.61. The Bertz CT molecular complexity index is 935. The number of hydrogen-bond acceptors (Lipinski definition) is 4. The molecule has 6 heteroatoms. The molecule has 2 aliphatic heterocycles. The fourth-order valence-corrected chi connectivity index (χ4v) is 8.04. The molecule has 6 nitrogen and oxygen atoms in total. The summed E-state index contributed by atoms with van der Waals surface area (Å²) in [5, 5.41) is 13.4. The molecule has 2 unspecified atom stereocenters. The largest absolute Gasteiger partial charge is 0.508 e. The highest BCUT2D eigenvalue weighted by Gasteiger charge is 2.69. The number of nitrogens with zero attached hydrogens (tertiary/aromatic N) is 3. The minimum atomic E-state index is -0.195. The smallest absolute Gasteiger partial charge is 0.317 e. The third kappa shape index (κ3) is 3.74. The number of piperidine rings is 1. The van der Waals surface area contributed by atoms with Crippen LogP contribution in [0.4, 0.5) is 4.79 Å². The van der Waals surface area contributed by atoms with Crippen molar-refractivity contribution in [2.24, 2.45) is 11.3 Å². The summed E-state index contributed by atoms with van der Waals surface area (Å²) in [5.74, 6) is 1.00. The van der Waals surface area contributed by atoms with Crippen LogP contribution in [0, 0.1) is 11.3 Å². The third-order valence-electron chi connectivity index (χ3n) is 8.99. The molecule has 1 spiro atoms. The average Bonchev–Trinajstić information content (AvgIpc) is 2.89. The molecule has 4 atom stereocenters. The van der Waals surface area contributed by atoms with E-state index >= 15 is 0 Å². The van der Waals surface area contributed by atoms with E-state index in [1.165, 1.54) is 24.1 Å². The molecule has 0 aromatic heterocycles. The molecule has 1 saturated carbocycles. The lowest BCUT2D eigenvalue weighted by atomic mass is 9.63. The minimum absolute atomic E-state index is 0.0593. The van der Waals surface area contributed by atoms with Gasteiger partial charge in [-0.1, -0.05) is 13.0 Å². The minimum Gasteiger partial charge on any atom is -0.508 e.